The van der Waals surface area contributed by atoms with E-state index in [1.165, 1.54) is 0 Å². The molecule has 0 unspecified atom stereocenters. The molecule has 2 fully saturated rings. The second-order valence-electron chi connectivity index (χ2n) is 7.52. The zero-order valence-electron chi connectivity index (χ0n) is 15.6. The average Bonchev–Trinajstić information content (AvgIpc) is 3.29. The van der Waals surface area contributed by atoms with Crippen molar-refractivity contribution in [3.63, 3.8) is 0 Å². The van der Waals surface area contributed by atoms with Crippen LogP contribution in [0.5, 0.6) is 0 Å². The maximum Gasteiger partial charge on any atom is 0.257 e. The van der Waals surface area contributed by atoms with Crippen LogP contribution in [-0.2, 0) is 9.84 Å². The summed E-state index contributed by atoms with van der Waals surface area (Å²) in [5.74, 6) is 0.605. The normalized spacial score (nSPS) is 26.5. The quantitative estimate of drug-likeness (QED) is 0.754. The Bertz CT molecular complexity index is 970. The standard InChI is InChI=1S/C18H23N5O3S/c1-12-13(8-20-23(12)17-6-4-5-7-19-17)18(24)22-9-14-15(21(2)3)11-27(25,26)16(14)10-22/h4-8,14-16H,9-11H2,1-3H3/t14-,15+,16-/m0/s1. The summed E-state index contributed by atoms with van der Waals surface area (Å²) in [5, 5.41) is 3.83. The lowest BCUT2D eigenvalue weighted by Crippen LogP contribution is -2.38. The molecule has 4 heterocycles. The number of pyridine rings is 1. The van der Waals surface area contributed by atoms with Crippen LogP contribution in [0.3, 0.4) is 0 Å². The molecule has 0 N–H and O–H groups in total. The molecular formula is C18H23N5O3S. The minimum Gasteiger partial charge on any atom is -0.337 e. The second kappa shape index (κ2) is 6.42. The van der Waals surface area contributed by atoms with Crippen LogP contribution in [0.25, 0.3) is 5.82 Å². The Balaban J connectivity index is 1.60. The van der Waals surface area contributed by atoms with E-state index in [-0.39, 0.29) is 30.2 Å². The molecular weight excluding hydrogens is 366 g/mol. The van der Waals surface area contributed by atoms with E-state index in [9.17, 15) is 13.2 Å². The monoisotopic (exact) mass is 389 g/mol. The SMILES string of the molecule is Cc1c(C(=O)N2C[C@H]3[C@H](N(C)C)CS(=O)(=O)[C@H]3C2)cnn1-c1ccccn1. The molecule has 0 aromatic carbocycles. The lowest BCUT2D eigenvalue weighted by Gasteiger charge is -2.25. The number of rotatable bonds is 3. The van der Waals surface area contributed by atoms with Crippen molar-refractivity contribution < 1.29 is 13.2 Å². The number of sulfone groups is 1. The first-order valence-electron chi connectivity index (χ1n) is 8.93. The fourth-order valence-electron chi connectivity index (χ4n) is 4.23. The molecule has 2 saturated heterocycles. The van der Waals surface area contributed by atoms with Crippen LogP contribution in [-0.4, -0.2) is 83.1 Å². The molecule has 0 spiro atoms. The van der Waals surface area contributed by atoms with E-state index in [1.54, 1.807) is 22.0 Å². The lowest BCUT2D eigenvalue weighted by atomic mass is 10.00. The molecule has 0 bridgehead atoms. The fraction of sp³-hybridized carbons (Fsp3) is 0.500. The van der Waals surface area contributed by atoms with Crippen LogP contribution in [0, 0.1) is 12.8 Å². The Kier molecular flexibility index (Phi) is 4.31. The maximum atomic E-state index is 13.1. The van der Waals surface area contributed by atoms with E-state index in [2.05, 4.69) is 10.1 Å². The largest absolute Gasteiger partial charge is 0.337 e. The van der Waals surface area contributed by atoms with Crippen molar-refractivity contribution >= 4 is 15.7 Å². The summed E-state index contributed by atoms with van der Waals surface area (Å²) in [6.07, 6.45) is 3.21. The number of hydrogen-bond donors (Lipinski definition) is 0. The number of carbonyl (C=O) groups excluding carboxylic acids is 1. The minimum atomic E-state index is -3.18. The third-order valence-corrected chi connectivity index (χ3v) is 7.95. The first-order valence-corrected chi connectivity index (χ1v) is 10.6. The molecule has 1 amide bonds. The van der Waals surface area contributed by atoms with Gasteiger partial charge in [-0.15, -0.1) is 0 Å². The molecule has 2 aliphatic heterocycles. The van der Waals surface area contributed by atoms with Gasteiger partial charge in [0.05, 0.1) is 28.5 Å². The molecule has 4 rings (SSSR count). The minimum absolute atomic E-state index is 0.0416. The molecule has 27 heavy (non-hydrogen) atoms. The first kappa shape index (κ1) is 18.1. The van der Waals surface area contributed by atoms with Gasteiger partial charge in [0.1, 0.15) is 0 Å². The van der Waals surface area contributed by atoms with Gasteiger partial charge in [-0.05, 0) is 33.2 Å². The Morgan fingerprint density at radius 1 is 1.26 bits per heavy atom. The van der Waals surface area contributed by atoms with Crippen molar-refractivity contribution in [3.05, 3.63) is 41.9 Å². The Morgan fingerprint density at radius 3 is 2.70 bits per heavy atom. The van der Waals surface area contributed by atoms with E-state index in [0.29, 0.717) is 23.6 Å². The summed E-state index contributed by atoms with van der Waals surface area (Å²) in [5.41, 5.74) is 1.18. The van der Waals surface area contributed by atoms with E-state index in [0.717, 1.165) is 0 Å². The van der Waals surface area contributed by atoms with Gasteiger partial charge < -0.3 is 9.80 Å². The van der Waals surface area contributed by atoms with Crippen molar-refractivity contribution in [2.45, 2.75) is 18.2 Å². The first-order chi connectivity index (χ1) is 12.8. The zero-order valence-corrected chi connectivity index (χ0v) is 16.4. The lowest BCUT2D eigenvalue weighted by molar-refractivity contribution is 0.0779. The highest BCUT2D eigenvalue weighted by Gasteiger charge is 2.53. The third-order valence-electron chi connectivity index (χ3n) is 5.72. The van der Waals surface area contributed by atoms with E-state index in [1.807, 2.05) is 44.1 Å². The molecule has 2 aliphatic rings. The summed E-state index contributed by atoms with van der Waals surface area (Å²) in [4.78, 5) is 21.0. The molecule has 3 atom stereocenters. The topological polar surface area (TPSA) is 88.4 Å². The molecule has 9 heteroatoms. The van der Waals surface area contributed by atoms with E-state index in [4.69, 9.17) is 0 Å². The van der Waals surface area contributed by atoms with Gasteiger partial charge in [0.15, 0.2) is 15.7 Å². The van der Waals surface area contributed by atoms with Crippen LogP contribution in [0.2, 0.25) is 0 Å². The van der Waals surface area contributed by atoms with Crippen molar-refractivity contribution in [2.75, 3.05) is 32.9 Å². The van der Waals surface area contributed by atoms with Crippen molar-refractivity contribution in [1.29, 1.82) is 0 Å². The van der Waals surface area contributed by atoms with Crippen LogP contribution in [0.15, 0.2) is 30.6 Å². The number of nitrogens with zero attached hydrogens (tertiary/aromatic N) is 5. The molecule has 2 aromatic heterocycles. The second-order valence-corrected chi connectivity index (χ2v) is 9.78. The zero-order chi connectivity index (χ0) is 19.3. The molecule has 0 radical (unpaired) electrons. The summed E-state index contributed by atoms with van der Waals surface area (Å²) >= 11 is 0. The van der Waals surface area contributed by atoms with Crippen molar-refractivity contribution in [1.82, 2.24) is 24.6 Å². The molecule has 0 saturated carbocycles. The number of fused-ring (bicyclic) bond motifs is 1. The smallest absolute Gasteiger partial charge is 0.257 e. The maximum absolute atomic E-state index is 13.1. The molecule has 0 aliphatic carbocycles. The van der Waals surface area contributed by atoms with Crippen molar-refractivity contribution in [3.8, 4) is 5.82 Å². The van der Waals surface area contributed by atoms with Crippen LogP contribution in [0.4, 0.5) is 0 Å². The van der Waals surface area contributed by atoms with Gasteiger partial charge in [-0.3, -0.25) is 4.79 Å². The van der Waals surface area contributed by atoms with Crippen molar-refractivity contribution in [2.24, 2.45) is 5.92 Å². The van der Waals surface area contributed by atoms with Gasteiger partial charge in [0, 0.05) is 31.2 Å². The van der Waals surface area contributed by atoms with E-state index >= 15 is 0 Å². The van der Waals surface area contributed by atoms with Gasteiger partial charge in [-0.25, -0.2) is 18.1 Å². The number of amides is 1. The average molecular weight is 389 g/mol. The van der Waals surface area contributed by atoms with Gasteiger partial charge in [0.25, 0.3) is 5.91 Å². The highest BCUT2D eigenvalue weighted by molar-refractivity contribution is 7.92. The Hall–Kier alpha value is -2.26. The van der Waals surface area contributed by atoms with Gasteiger partial charge in [0.2, 0.25) is 0 Å². The highest BCUT2D eigenvalue weighted by atomic mass is 32.2. The predicted octanol–water partition coefficient (Wildman–Crippen LogP) is 0.375. The van der Waals surface area contributed by atoms with Crippen LogP contribution in [0.1, 0.15) is 16.1 Å². The summed E-state index contributed by atoms with van der Waals surface area (Å²) in [7, 11) is 0.613. The van der Waals surface area contributed by atoms with Gasteiger partial charge in [-0.1, -0.05) is 6.07 Å². The summed E-state index contributed by atoms with van der Waals surface area (Å²) in [6, 6.07) is 5.45. The number of likely N-dealkylation sites (tertiary alicyclic amines) is 1. The predicted molar refractivity (Wildman–Crippen MR) is 101 cm³/mol. The third kappa shape index (κ3) is 2.94. The Morgan fingerprint density at radius 2 is 2.04 bits per heavy atom. The number of hydrogen-bond acceptors (Lipinski definition) is 6. The molecule has 2 aromatic rings. The fourth-order valence-corrected chi connectivity index (χ4v) is 6.71. The highest BCUT2D eigenvalue weighted by Crippen LogP contribution is 2.36. The van der Waals surface area contributed by atoms with Crippen LogP contribution >= 0.6 is 0 Å². The Labute approximate surface area is 158 Å². The van der Waals surface area contributed by atoms with E-state index < -0.39 is 15.1 Å². The summed E-state index contributed by atoms with van der Waals surface area (Å²) in [6.45, 7) is 2.54. The number of aromatic nitrogens is 3. The summed E-state index contributed by atoms with van der Waals surface area (Å²) < 4.78 is 26.7. The molecule has 8 nitrogen and oxygen atoms in total. The van der Waals surface area contributed by atoms with Crippen LogP contribution < -0.4 is 0 Å². The van der Waals surface area contributed by atoms with Gasteiger partial charge >= 0.3 is 0 Å². The number of carbonyl (C=O) groups is 1. The van der Waals surface area contributed by atoms with Gasteiger partial charge in [-0.2, -0.15) is 5.10 Å². The molecule has 144 valence electrons.